The van der Waals surface area contributed by atoms with Gasteiger partial charge in [-0.25, -0.2) is 0 Å². The number of hydrogen-bond donors (Lipinski definition) is 0. The van der Waals surface area contributed by atoms with Crippen molar-refractivity contribution in [2.75, 3.05) is 0 Å². The molecule has 0 bridgehead atoms. The smallest absolute Gasteiger partial charge is 0.267 e. The molecule has 1 unspecified atom stereocenters. The van der Waals surface area contributed by atoms with Gasteiger partial charge in [0.2, 0.25) is 0 Å². The lowest BCUT2D eigenvalue weighted by molar-refractivity contribution is 0.490. The molecule has 0 spiro atoms. The van der Waals surface area contributed by atoms with Crippen molar-refractivity contribution >= 4 is 34.7 Å². The van der Waals surface area contributed by atoms with Crippen molar-refractivity contribution in [3.8, 4) is 0 Å². The van der Waals surface area contributed by atoms with Crippen molar-refractivity contribution in [3.05, 3.63) is 19.7 Å². The standard InChI is InChI=1S/C11H17Cl2NOS/c1-3-4-5-6-7-8(2)14-11(15)9(12)10(13)16-14/h8H,3-7H2,1-2H3. The van der Waals surface area contributed by atoms with E-state index in [-0.39, 0.29) is 16.6 Å². The summed E-state index contributed by atoms with van der Waals surface area (Å²) in [6.45, 7) is 4.23. The minimum absolute atomic E-state index is 0.153. The highest BCUT2D eigenvalue weighted by molar-refractivity contribution is 7.11. The fourth-order valence-corrected chi connectivity index (χ4v) is 2.97. The predicted octanol–water partition coefficient (Wildman–Crippen LogP) is 4.75. The van der Waals surface area contributed by atoms with Crippen molar-refractivity contribution in [2.24, 2.45) is 0 Å². The first kappa shape index (κ1) is 14.1. The van der Waals surface area contributed by atoms with Crippen LogP contribution in [0.4, 0.5) is 0 Å². The van der Waals surface area contributed by atoms with Crippen molar-refractivity contribution < 1.29 is 0 Å². The maximum Gasteiger partial charge on any atom is 0.281 e. The van der Waals surface area contributed by atoms with Gasteiger partial charge in [-0.1, -0.05) is 55.8 Å². The van der Waals surface area contributed by atoms with Gasteiger partial charge in [0.05, 0.1) is 0 Å². The molecule has 0 fully saturated rings. The normalized spacial score (nSPS) is 13.0. The maximum atomic E-state index is 11.7. The molecule has 0 saturated heterocycles. The molecule has 0 radical (unpaired) electrons. The zero-order chi connectivity index (χ0) is 12.1. The van der Waals surface area contributed by atoms with Crippen LogP contribution in [0.3, 0.4) is 0 Å². The molecule has 0 aliphatic rings. The summed E-state index contributed by atoms with van der Waals surface area (Å²) < 4.78 is 2.07. The van der Waals surface area contributed by atoms with Gasteiger partial charge >= 0.3 is 0 Å². The monoisotopic (exact) mass is 281 g/mol. The lowest BCUT2D eigenvalue weighted by atomic mass is 10.1. The van der Waals surface area contributed by atoms with E-state index in [0.29, 0.717) is 4.34 Å². The van der Waals surface area contributed by atoms with Crippen molar-refractivity contribution in [1.29, 1.82) is 0 Å². The molecule has 2 nitrogen and oxygen atoms in total. The summed E-state index contributed by atoms with van der Waals surface area (Å²) in [7, 11) is 0. The first-order valence-corrected chi connectivity index (χ1v) is 7.17. The first-order valence-electron chi connectivity index (χ1n) is 5.64. The van der Waals surface area contributed by atoms with Crippen LogP contribution >= 0.6 is 34.7 Å². The average Bonchev–Trinajstić information content (AvgIpc) is 2.52. The highest BCUT2D eigenvalue weighted by Gasteiger charge is 2.15. The SMILES string of the molecule is CCCCCCC(C)n1sc(Cl)c(Cl)c1=O. The second-order valence-corrected chi connectivity index (χ2v) is 5.97. The Morgan fingerprint density at radius 1 is 1.31 bits per heavy atom. The van der Waals surface area contributed by atoms with E-state index >= 15 is 0 Å². The van der Waals surface area contributed by atoms with Crippen LogP contribution in [-0.2, 0) is 0 Å². The molecule has 1 rings (SSSR count). The number of nitrogens with zero attached hydrogens (tertiary/aromatic N) is 1. The lowest BCUT2D eigenvalue weighted by Gasteiger charge is -2.10. The van der Waals surface area contributed by atoms with Gasteiger partial charge in [0.1, 0.15) is 9.36 Å². The number of unbranched alkanes of at least 4 members (excludes halogenated alkanes) is 3. The van der Waals surface area contributed by atoms with Crippen LogP contribution in [0.15, 0.2) is 4.79 Å². The van der Waals surface area contributed by atoms with E-state index in [0.717, 1.165) is 12.8 Å². The quantitative estimate of drug-likeness (QED) is 0.690. The summed E-state index contributed by atoms with van der Waals surface area (Å²) in [6, 6.07) is 0.194. The zero-order valence-corrected chi connectivity index (χ0v) is 12.0. The van der Waals surface area contributed by atoms with Gasteiger partial charge in [-0.15, -0.1) is 0 Å². The summed E-state index contributed by atoms with van der Waals surface area (Å²) >= 11 is 12.9. The van der Waals surface area contributed by atoms with Crippen LogP contribution in [-0.4, -0.2) is 3.96 Å². The number of rotatable bonds is 6. The highest BCUT2D eigenvalue weighted by atomic mass is 35.5. The Labute approximate surface area is 110 Å². The van der Waals surface area contributed by atoms with E-state index in [2.05, 4.69) is 6.92 Å². The topological polar surface area (TPSA) is 22.0 Å². The Hall–Kier alpha value is 0.01000. The molecule has 16 heavy (non-hydrogen) atoms. The molecule has 0 aliphatic carbocycles. The minimum Gasteiger partial charge on any atom is -0.267 e. The third kappa shape index (κ3) is 3.51. The molecule has 1 aromatic rings. The Morgan fingerprint density at radius 3 is 2.50 bits per heavy atom. The molecule has 92 valence electrons. The van der Waals surface area contributed by atoms with Crippen molar-refractivity contribution in [3.63, 3.8) is 0 Å². The molecule has 0 N–H and O–H groups in total. The van der Waals surface area contributed by atoms with Gasteiger partial charge in [-0.2, -0.15) is 0 Å². The zero-order valence-electron chi connectivity index (χ0n) is 9.63. The number of halogens is 2. The van der Waals surface area contributed by atoms with E-state index in [9.17, 15) is 4.79 Å². The predicted molar refractivity (Wildman–Crippen MR) is 72.1 cm³/mol. The van der Waals surface area contributed by atoms with Gasteiger partial charge in [-0.05, 0) is 24.9 Å². The van der Waals surface area contributed by atoms with Crippen LogP contribution in [0.2, 0.25) is 9.36 Å². The van der Waals surface area contributed by atoms with E-state index in [4.69, 9.17) is 23.2 Å². The third-order valence-corrected chi connectivity index (χ3v) is 4.66. The molecule has 0 aromatic carbocycles. The Morgan fingerprint density at radius 2 is 2.00 bits per heavy atom. The fourth-order valence-electron chi connectivity index (χ4n) is 1.62. The van der Waals surface area contributed by atoms with Gasteiger partial charge in [0.25, 0.3) is 5.56 Å². The van der Waals surface area contributed by atoms with E-state index in [1.807, 2.05) is 6.92 Å². The van der Waals surface area contributed by atoms with Gasteiger partial charge in [0.15, 0.2) is 0 Å². The minimum atomic E-state index is -0.153. The summed E-state index contributed by atoms with van der Waals surface area (Å²) in [5.41, 5.74) is -0.153. The molecule has 5 heteroatoms. The second kappa shape index (κ2) is 6.67. The molecule has 0 amide bonds. The molecule has 0 aliphatic heterocycles. The van der Waals surface area contributed by atoms with E-state index in [1.54, 1.807) is 3.96 Å². The molecular formula is C11H17Cl2NOS. The molecule has 1 atom stereocenters. The molecule has 1 aromatic heterocycles. The lowest BCUT2D eigenvalue weighted by Crippen LogP contribution is -2.17. The van der Waals surface area contributed by atoms with Crippen molar-refractivity contribution in [1.82, 2.24) is 3.96 Å². The van der Waals surface area contributed by atoms with E-state index < -0.39 is 0 Å². The Balaban J connectivity index is 2.56. The van der Waals surface area contributed by atoms with Gasteiger partial charge < -0.3 is 0 Å². The average molecular weight is 282 g/mol. The summed E-state index contributed by atoms with van der Waals surface area (Å²) in [5.74, 6) is 0. The first-order chi connectivity index (χ1) is 7.57. The van der Waals surface area contributed by atoms with Crippen LogP contribution < -0.4 is 5.56 Å². The summed E-state index contributed by atoms with van der Waals surface area (Å²) in [6.07, 6.45) is 5.86. The summed E-state index contributed by atoms with van der Waals surface area (Å²) in [5, 5.41) is 0.159. The largest absolute Gasteiger partial charge is 0.281 e. The number of hydrogen-bond acceptors (Lipinski definition) is 2. The molecule has 1 heterocycles. The van der Waals surface area contributed by atoms with Crippen LogP contribution in [0.25, 0.3) is 0 Å². The highest BCUT2D eigenvalue weighted by Crippen LogP contribution is 2.27. The van der Waals surface area contributed by atoms with Gasteiger partial charge in [-0.3, -0.25) is 8.75 Å². The second-order valence-electron chi connectivity index (χ2n) is 4.01. The third-order valence-electron chi connectivity index (χ3n) is 2.61. The van der Waals surface area contributed by atoms with Gasteiger partial charge in [0, 0.05) is 6.04 Å². The number of aromatic nitrogens is 1. The summed E-state index contributed by atoms with van der Waals surface area (Å²) in [4.78, 5) is 11.7. The fraction of sp³-hybridized carbons (Fsp3) is 0.727. The van der Waals surface area contributed by atoms with Crippen LogP contribution in [0.1, 0.15) is 52.0 Å². The van der Waals surface area contributed by atoms with Crippen LogP contribution in [0, 0.1) is 0 Å². The maximum absolute atomic E-state index is 11.7. The van der Waals surface area contributed by atoms with E-state index in [1.165, 1.54) is 30.8 Å². The van der Waals surface area contributed by atoms with Crippen molar-refractivity contribution in [2.45, 2.75) is 52.0 Å². The Bertz CT molecular complexity index is 386. The molecular weight excluding hydrogens is 265 g/mol. The Kier molecular flexibility index (Phi) is 5.87. The van der Waals surface area contributed by atoms with Crippen LogP contribution in [0.5, 0.6) is 0 Å². The molecule has 0 saturated carbocycles.